The molecular formula is C14H17N3OS. The number of benzene rings is 1. The highest BCUT2D eigenvalue weighted by molar-refractivity contribution is 7.11. The average Bonchev–Trinajstić information content (AvgIpc) is 2.83. The SMILES string of the molecule is CCNc1ccc(C(=O)NCc2ncc(C)s2)cc1. The smallest absolute Gasteiger partial charge is 0.251 e. The zero-order valence-electron chi connectivity index (χ0n) is 11.1. The van der Waals surface area contributed by atoms with Gasteiger partial charge in [-0.25, -0.2) is 4.98 Å². The van der Waals surface area contributed by atoms with E-state index in [9.17, 15) is 4.79 Å². The summed E-state index contributed by atoms with van der Waals surface area (Å²) in [4.78, 5) is 17.3. The van der Waals surface area contributed by atoms with E-state index in [2.05, 4.69) is 15.6 Å². The molecule has 0 radical (unpaired) electrons. The molecule has 2 N–H and O–H groups in total. The van der Waals surface area contributed by atoms with Gasteiger partial charge in [0, 0.05) is 28.9 Å². The Bertz CT molecular complexity index is 548. The van der Waals surface area contributed by atoms with E-state index in [4.69, 9.17) is 0 Å². The molecule has 0 saturated carbocycles. The molecule has 1 amide bonds. The topological polar surface area (TPSA) is 54.0 Å². The Morgan fingerprint density at radius 3 is 2.63 bits per heavy atom. The number of thiazole rings is 1. The summed E-state index contributed by atoms with van der Waals surface area (Å²) in [5, 5.41) is 6.99. The average molecular weight is 275 g/mol. The molecule has 19 heavy (non-hydrogen) atoms. The Morgan fingerprint density at radius 1 is 1.32 bits per heavy atom. The summed E-state index contributed by atoms with van der Waals surface area (Å²) in [6.07, 6.45) is 1.82. The Kier molecular flexibility index (Phi) is 4.52. The predicted octanol–water partition coefficient (Wildman–Crippen LogP) is 2.81. The van der Waals surface area contributed by atoms with E-state index in [-0.39, 0.29) is 5.91 Å². The lowest BCUT2D eigenvalue weighted by Crippen LogP contribution is -2.22. The van der Waals surface area contributed by atoms with E-state index in [1.807, 2.05) is 44.3 Å². The van der Waals surface area contributed by atoms with Crippen molar-refractivity contribution in [2.24, 2.45) is 0 Å². The summed E-state index contributed by atoms with van der Waals surface area (Å²) in [5.41, 5.74) is 1.68. The van der Waals surface area contributed by atoms with Crippen LogP contribution in [0.5, 0.6) is 0 Å². The number of aromatic nitrogens is 1. The van der Waals surface area contributed by atoms with Gasteiger partial charge < -0.3 is 10.6 Å². The van der Waals surface area contributed by atoms with Crippen LogP contribution in [0.3, 0.4) is 0 Å². The fraction of sp³-hybridized carbons (Fsp3) is 0.286. The number of hydrogen-bond acceptors (Lipinski definition) is 4. The summed E-state index contributed by atoms with van der Waals surface area (Å²) in [6, 6.07) is 7.46. The number of carbonyl (C=O) groups is 1. The summed E-state index contributed by atoms with van der Waals surface area (Å²) in [5.74, 6) is -0.0732. The zero-order chi connectivity index (χ0) is 13.7. The Labute approximate surface area is 116 Å². The number of amides is 1. The van der Waals surface area contributed by atoms with Crippen molar-refractivity contribution in [3.8, 4) is 0 Å². The van der Waals surface area contributed by atoms with Gasteiger partial charge in [-0.05, 0) is 38.1 Å². The number of aryl methyl sites for hydroxylation is 1. The van der Waals surface area contributed by atoms with Crippen molar-refractivity contribution in [2.75, 3.05) is 11.9 Å². The number of nitrogens with zero attached hydrogens (tertiary/aromatic N) is 1. The first kappa shape index (κ1) is 13.5. The molecule has 0 bridgehead atoms. The van der Waals surface area contributed by atoms with E-state index in [0.717, 1.165) is 22.1 Å². The fourth-order valence-electron chi connectivity index (χ4n) is 1.68. The molecule has 2 aromatic rings. The minimum atomic E-state index is -0.0732. The number of carbonyl (C=O) groups excluding carboxylic acids is 1. The summed E-state index contributed by atoms with van der Waals surface area (Å²) >= 11 is 1.60. The maximum atomic E-state index is 11.9. The molecule has 0 saturated heterocycles. The summed E-state index contributed by atoms with van der Waals surface area (Å²) in [6.45, 7) is 5.39. The quantitative estimate of drug-likeness (QED) is 0.882. The van der Waals surface area contributed by atoms with Crippen LogP contribution < -0.4 is 10.6 Å². The first-order chi connectivity index (χ1) is 9.19. The van der Waals surface area contributed by atoms with Crippen molar-refractivity contribution in [1.82, 2.24) is 10.3 Å². The molecule has 100 valence electrons. The molecular weight excluding hydrogens is 258 g/mol. The van der Waals surface area contributed by atoms with Crippen molar-refractivity contribution in [3.05, 3.63) is 45.9 Å². The van der Waals surface area contributed by atoms with Crippen LogP contribution in [0.4, 0.5) is 5.69 Å². The van der Waals surface area contributed by atoms with Crippen molar-refractivity contribution >= 4 is 22.9 Å². The van der Waals surface area contributed by atoms with Gasteiger partial charge in [0.25, 0.3) is 5.91 Å². The van der Waals surface area contributed by atoms with Gasteiger partial charge in [-0.15, -0.1) is 11.3 Å². The van der Waals surface area contributed by atoms with Gasteiger partial charge >= 0.3 is 0 Å². The molecule has 0 aliphatic carbocycles. The Balaban J connectivity index is 1.92. The van der Waals surface area contributed by atoms with Crippen LogP contribution in [0.15, 0.2) is 30.5 Å². The maximum Gasteiger partial charge on any atom is 0.251 e. The standard InChI is InChI=1S/C14H17N3OS/c1-3-15-12-6-4-11(5-7-12)14(18)17-9-13-16-8-10(2)19-13/h4-8,15H,3,9H2,1-2H3,(H,17,18). The van der Waals surface area contributed by atoms with Crippen molar-refractivity contribution in [3.63, 3.8) is 0 Å². The normalized spacial score (nSPS) is 10.2. The third-order valence-corrected chi connectivity index (χ3v) is 3.51. The largest absolute Gasteiger partial charge is 0.385 e. The van der Waals surface area contributed by atoms with Crippen LogP contribution in [0.25, 0.3) is 0 Å². The maximum absolute atomic E-state index is 11.9. The molecule has 0 unspecified atom stereocenters. The first-order valence-electron chi connectivity index (χ1n) is 6.22. The minimum absolute atomic E-state index is 0.0732. The minimum Gasteiger partial charge on any atom is -0.385 e. The third-order valence-electron chi connectivity index (χ3n) is 2.60. The number of nitrogens with one attached hydrogen (secondary N) is 2. The first-order valence-corrected chi connectivity index (χ1v) is 7.04. The second-order valence-corrected chi connectivity index (χ2v) is 5.47. The van der Waals surface area contributed by atoms with Gasteiger partial charge in [0.1, 0.15) is 5.01 Å². The fourth-order valence-corrected chi connectivity index (χ4v) is 2.41. The summed E-state index contributed by atoms with van der Waals surface area (Å²) in [7, 11) is 0. The number of rotatable bonds is 5. The second-order valence-electron chi connectivity index (χ2n) is 4.16. The number of hydrogen-bond donors (Lipinski definition) is 2. The molecule has 0 fully saturated rings. The van der Waals surface area contributed by atoms with E-state index >= 15 is 0 Å². The highest BCUT2D eigenvalue weighted by Crippen LogP contribution is 2.12. The van der Waals surface area contributed by atoms with Crippen LogP contribution in [-0.4, -0.2) is 17.4 Å². The van der Waals surface area contributed by atoms with Gasteiger partial charge in [-0.1, -0.05) is 0 Å². The predicted molar refractivity (Wildman–Crippen MR) is 78.6 cm³/mol. The Hall–Kier alpha value is -1.88. The van der Waals surface area contributed by atoms with Crippen molar-refractivity contribution in [2.45, 2.75) is 20.4 Å². The highest BCUT2D eigenvalue weighted by Gasteiger charge is 2.06. The van der Waals surface area contributed by atoms with Gasteiger partial charge in [0.15, 0.2) is 0 Å². The molecule has 1 aromatic heterocycles. The lowest BCUT2D eigenvalue weighted by molar-refractivity contribution is 0.0951. The molecule has 0 atom stereocenters. The Morgan fingerprint density at radius 2 is 2.05 bits per heavy atom. The van der Waals surface area contributed by atoms with Crippen LogP contribution in [0.1, 0.15) is 27.2 Å². The van der Waals surface area contributed by atoms with Crippen LogP contribution in [0.2, 0.25) is 0 Å². The van der Waals surface area contributed by atoms with Gasteiger partial charge in [0.2, 0.25) is 0 Å². The van der Waals surface area contributed by atoms with Crippen LogP contribution in [-0.2, 0) is 6.54 Å². The monoisotopic (exact) mass is 275 g/mol. The molecule has 5 heteroatoms. The van der Waals surface area contributed by atoms with Gasteiger partial charge in [-0.3, -0.25) is 4.79 Å². The molecule has 4 nitrogen and oxygen atoms in total. The molecule has 0 aliphatic heterocycles. The van der Waals surface area contributed by atoms with Crippen molar-refractivity contribution < 1.29 is 4.79 Å². The van der Waals surface area contributed by atoms with Gasteiger partial charge in [-0.2, -0.15) is 0 Å². The van der Waals surface area contributed by atoms with Gasteiger partial charge in [0.05, 0.1) is 6.54 Å². The van der Waals surface area contributed by atoms with E-state index in [1.165, 1.54) is 0 Å². The van der Waals surface area contributed by atoms with Crippen molar-refractivity contribution in [1.29, 1.82) is 0 Å². The summed E-state index contributed by atoms with van der Waals surface area (Å²) < 4.78 is 0. The van der Waals surface area contributed by atoms with E-state index in [0.29, 0.717) is 12.1 Å². The zero-order valence-corrected chi connectivity index (χ0v) is 11.9. The van der Waals surface area contributed by atoms with E-state index < -0.39 is 0 Å². The number of anilines is 1. The van der Waals surface area contributed by atoms with Crippen LogP contribution in [0, 0.1) is 6.92 Å². The molecule has 1 aromatic carbocycles. The molecule has 1 heterocycles. The lowest BCUT2D eigenvalue weighted by Gasteiger charge is -2.05. The molecule has 0 spiro atoms. The van der Waals surface area contributed by atoms with Crippen LogP contribution >= 0.6 is 11.3 Å². The lowest BCUT2D eigenvalue weighted by atomic mass is 10.2. The third kappa shape index (κ3) is 3.79. The second kappa shape index (κ2) is 6.33. The van der Waals surface area contributed by atoms with E-state index in [1.54, 1.807) is 11.3 Å². The molecule has 0 aliphatic rings. The highest BCUT2D eigenvalue weighted by atomic mass is 32.1. The molecule has 2 rings (SSSR count).